The number of hydrogen-bond donors (Lipinski definition) is 0. The molecule has 0 saturated heterocycles. The van der Waals surface area contributed by atoms with E-state index in [1.807, 2.05) is 19.2 Å². The van der Waals surface area contributed by atoms with Gasteiger partial charge in [0.05, 0.1) is 0 Å². The number of fused-ring (bicyclic) bond motifs is 1. The Labute approximate surface area is 151 Å². The van der Waals surface area contributed by atoms with Crippen LogP contribution in [0.2, 0.25) is 0 Å². The molecular formula is C16H14NNaO2S. The number of rotatable bonds is 1. The van der Waals surface area contributed by atoms with Crippen molar-refractivity contribution < 1.29 is 29.6 Å². The van der Waals surface area contributed by atoms with E-state index in [0.29, 0.717) is 5.56 Å². The second-order valence-electron chi connectivity index (χ2n) is 5.63. The molecule has 3 rings (SSSR count). The molecule has 0 bridgehead atoms. The van der Waals surface area contributed by atoms with E-state index in [2.05, 4.69) is 30.9 Å². The third-order valence-electron chi connectivity index (χ3n) is 4.12. The molecule has 1 heterocycles. The maximum Gasteiger partial charge on any atom is 1.00 e. The zero-order chi connectivity index (χ0) is 14.7. The van der Waals surface area contributed by atoms with Gasteiger partial charge in [-0.1, -0.05) is 32.0 Å². The zero-order valence-electron chi connectivity index (χ0n) is 12.6. The largest absolute Gasteiger partial charge is 1.00 e. The summed E-state index contributed by atoms with van der Waals surface area (Å²) < 4.78 is 0. The fourth-order valence-electron chi connectivity index (χ4n) is 2.92. The first-order valence-electron chi connectivity index (χ1n) is 6.41. The molecule has 0 saturated carbocycles. The Morgan fingerprint density at radius 2 is 1.76 bits per heavy atom. The van der Waals surface area contributed by atoms with Gasteiger partial charge in [0.25, 0.3) is 0 Å². The van der Waals surface area contributed by atoms with E-state index in [-0.39, 0.29) is 39.9 Å². The molecule has 102 valence electrons. The van der Waals surface area contributed by atoms with Crippen LogP contribution < -0.4 is 45.3 Å². The van der Waals surface area contributed by atoms with Crippen molar-refractivity contribution in [2.75, 3.05) is 11.9 Å². The molecule has 3 nitrogen and oxygen atoms in total. The van der Waals surface area contributed by atoms with Gasteiger partial charge >= 0.3 is 29.6 Å². The van der Waals surface area contributed by atoms with E-state index < -0.39 is 10.9 Å². The van der Waals surface area contributed by atoms with Crippen molar-refractivity contribution in [1.29, 1.82) is 0 Å². The van der Waals surface area contributed by atoms with E-state index >= 15 is 0 Å². The molecule has 0 spiro atoms. The Hall–Kier alpha value is -0.940. The number of hydrogen-bond acceptors (Lipinski definition) is 4. The average molecular weight is 307 g/mol. The average Bonchev–Trinajstić information content (AvgIpc) is 2.64. The van der Waals surface area contributed by atoms with E-state index in [0.717, 1.165) is 11.4 Å². The van der Waals surface area contributed by atoms with Crippen molar-refractivity contribution in [2.24, 2.45) is 0 Å². The van der Waals surface area contributed by atoms with Gasteiger partial charge in [0, 0.05) is 29.4 Å². The van der Waals surface area contributed by atoms with Crippen molar-refractivity contribution in [2.45, 2.75) is 24.2 Å². The predicted octanol–water partition coefficient (Wildman–Crippen LogP) is -1.04. The van der Waals surface area contributed by atoms with Crippen molar-refractivity contribution >= 4 is 24.4 Å². The summed E-state index contributed by atoms with van der Waals surface area (Å²) in [5, 5.41) is 0. The predicted molar refractivity (Wildman–Crippen MR) is 82.8 cm³/mol. The van der Waals surface area contributed by atoms with Crippen LogP contribution in [0.5, 0.6) is 0 Å². The molecular weight excluding hydrogens is 293 g/mol. The monoisotopic (exact) mass is 307 g/mol. The van der Waals surface area contributed by atoms with Gasteiger partial charge in [0.2, 0.25) is 10.9 Å². The summed E-state index contributed by atoms with van der Waals surface area (Å²) in [7, 11) is 1.97. The topological polar surface area (TPSA) is 37.4 Å². The molecule has 5 heteroatoms. The van der Waals surface area contributed by atoms with Crippen molar-refractivity contribution in [3.05, 3.63) is 61.5 Å². The van der Waals surface area contributed by atoms with Gasteiger partial charge in [-0.25, -0.2) is 0 Å². The van der Waals surface area contributed by atoms with Crippen LogP contribution >= 0.6 is 0 Å². The summed E-state index contributed by atoms with van der Waals surface area (Å²) in [4.78, 5) is 25.1. The maximum absolute atomic E-state index is 11.6. The molecule has 21 heavy (non-hydrogen) atoms. The Kier molecular flexibility index (Phi) is 4.19. The fourth-order valence-corrected chi connectivity index (χ4v) is 3.16. The van der Waals surface area contributed by atoms with Crippen LogP contribution in [0, 0.1) is 0 Å². The first-order chi connectivity index (χ1) is 9.35. The minimum Gasteiger partial charge on any atom is -0.775 e. The summed E-state index contributed by atoms with van der Waals surface area (Å²) in [5.41, 5.74) is 2.45. The minimum absolute atomic E-state index is 0. The molecule has 2 aromatic rings. The summed E-state index contributed by atoms with van der Waals surface area (Å²) in [6.07, 6.45) is 1.77. The minimum atomic E-state index is -0.539. The van der Waals surface area contributed by atoms with E-state index in [4.69, 9.17) is 12.6 Å². The first kappa shape index (κ1) is 16.4. The Morgan fingerprint density at radius 1 is 1.14 bits per heavy atom. The second kappa shape index (κ2) is 5.36. The quantitative estimate of drug-likeness (QED) is 0.383. The van der Waals surface area contributed by atoms with Gasteiger partial charge in [-0.3, -0.25) is 9.59 Å². The summed E-state index contributed by atoms with van der Waals surface area (Å²) in [5.74, 6) is 0. The third kappa shape index (κ3) is 2.21. The number of nitrogens with zero attached hydrogens (tertiary/aromatic N) is 1. The SMILES string of the molecule is CN1C(=Cc2c([S-])c(=O)c2=O)C(C)(C)c2ccccc21.[Na+]. The van der Waals surface area contributed by atoms with Crippen LogP contribution in [0.1, 0.15) is 25.0 Å². The smallest absolute Gasteiger partial charge is 0.775 e. The number of benzene rings is 1. The van der Waals surface area contributed by atoms with Crippen LogP contribution in [0.3, 0.4) is 0 Å². The normalized spacial score (nSPS) is 17.9. The standard InChI is InChI=1S/C16H15NO2S.Na/c1-16(2)10-6-4-5-7-11(10)17(3)12(16)8-9-13(18)14(19)15(9)20;/h4-8,20H,1-3H3;/q;+1/p-1. The van der Waals surface area contributed by atoms with E-state index in [1.54, 1.807) is 6.08 Å². The number of anilines is 1. The van der Waals surface area contributed by atoms with Crippen molar-refractivity contribution in [3.63, 3.8) is 0 Å². The first-order valence-corrected chi connectivity index (χ1v) is 6.82. The Morgan fingerprint density at radius 3 is 2.33 bits per heavy atom. The van der Waals surface area contributed by atoms with Crippen LogP contribution in [0.4, 0.5) is 5.69 Å². The summed E-state index contributed by atoms with van der Waals surface area (Å²) in [6, 6.07) is 8.13. The number of likely N-dealkylation sites (N-methyl/N-ethyl adjacent to an activating group) is 1. The Bertz CT molecular complexity index is 816. The van der Waals surface area contributed by atoms with Gasteiger partial charge < -0.3 is 17.5 Å². The molecule has 0 N–H and O–H groups in total. The third-order valence-corrected chi connectivity index (χ3v) is 4.53. The van der Waals surface area contributed by atoms with Gasteiger partial charge in [-0.15, -0.1) is 4.90 Å². The Balaban J connectivity index is 0.00000161. The molecule has 0 amide bonds. The summed E-state index contributed by atoms with van der Waals surface area (Å²) in [6.45, 7) is 4.21. The van der Waals surface area contributed by atoms with E-state index in [1.165, 1.54) is 5.56 Å². The van der Waals surface area contributed by atoms with Gasteiger partial charge in [0.15, 0.2) is 0 Å². The maximum atomic E-state index is 11.6. The number of allylic oxidation sites excluding steroid dienone is 1. The van der Waals surface area contributed by atoms with Crippen molar-refractivity contribution in [3.8, 4) is 0 Å². The van der Waals surface area contributed by atoms with Crippen LogP contribution in [0.25, 0.3) is 6.08 Å². The molecule has 0 aliphatic carbocycles. The van der Waals surface area contributed by atoms with Gasteiger partial charge in [-0.2, -0.15) is 0 Å². The van der Waals surface area contributed by atoms with Crippen LogP contribution in [0.15, 0.2) is 44.4 Å². The molecule has 1 aliphatic rings. The van der Waals surface area contributed by atoms with Gasteiger partial charge in [-0.05, 0) is 17.7 Å². The molecule has 0 fully saturated rings. The van der Waals surface area contributed by atoms with Crippen molar-refractivity contribution in [1.82, 2.24) is 0 Å². The summed E-state index contributed by atoms with van der Waals surface area (Å²) >= 11 is 4.97. The van der Waals surface area contributed by atoms with Gasteiger partial charge in [0.1, 0.15) is 0 Å². The van der Waals surface area contributed by atoms with Crippen LogP contribution in [-0.4, -0.2) is 7.05 Å². The molecule has 2 aromatic carbocycles. The molecule has 0 aromatic heterocycles. The molecule has 1 aliphatic heterocycles. The second-order valence-corrected chi connectivity index (χ2v) is 6.04. The van der Waals surface area contributed by atoms with E-state index in [9.17, 15) is 9.59 Å². The number of para-hydroxylation sites is 1. The molecule has 0 radical (unpaired) electrons. The molecule has 0 unspecified atom stereocenters. The van der Waals surface area contributed by atoms with Crippen LogP contribution in [-0.2, 0) is 18.0 Å². The fraction of sp³-hybridized carbons (Fsp3) is 0.250. The molecule has 0 atom stereocenters. The zero-order valence-corrected chi connectivity index (χ0v) is 15.4.